The highest BCUT2D eigenvalue weighted by Crippen LogP contribution is 2.40. The van der Waals surface area contributed by atoms with Gasteiger partial charge < -0.3 is 4.43 Å². The van der Waals surface area contributed by atoms with Crippen molar-refractivity contribution in [1.29, 1.82) is 0 Å². The molecule has 1 atom stereocenters. The van der Waals surface area contributed by atoms with Crippen molar-refractivity contribution in [1.82, 2.24) is 0 Å². The first kappa shape index (κ1) is 14.6. The summed E-state index contributed by atoms with van der Waals surface area (Å²) in [7, 11) is -1.77. The zero-order valence-electron chi connectivity index (χ0n) is 12.3. The molecule has 0 saturated heterocycles. The normalized spacial score (nSPS) is 22.5. The largest absolute Gasteiger partial charge is 0.410 e. The molecule has 0 aromatic heterocycles. The van der Waals surface area contributed by atoms with Gasteiger partial charge in [0.05, 0.1) is 6.10 Å². The minimum atomic E-state index is -1.77. The van der Waals surface area contributed by atoms with Crippen LogP contribution in [0.15, 0.2) is 11.1 Å². The Morgan fingerprint density at radius 2 is 1.88 bits per heavy atom. The van der Waals surface area contributed by atoms with Crippen LogP contribution in [0.4, 0.5) is 0 Å². The van der Waals surface area contributed by atoms with Crippen LogP contribution in [-0.4, -0.2) is 20.2 Å². The molecule has 2 nitrogen and oxygen atoms in total. The van der Waals surface area contributed by atoms with Crippen LogP contribution in [0, 0.1) is 0 Å². The van der Waals surface area contributed by atoms with Crippen molar-refractivity contribution < 1.29 is 9.22 Å². The van der Waals surface area contributed by atoms with Crippen LogP contribution in [0.25, 0.3) is 0 Å². The molecule has 1 aliphatic carbocycles. The lowest BCUT2D eigenvalue weighted by Gasteiger charge is -2.38. The zero-order valence-corrected chi connectivity index (χ0v) is 13.3. The molecule has 0 spiro atoms. The number of carbonyl (C=O) groups is 1. The smallest absolute Gasteiger partial charge is 0.192 e. The van der Waals surface area contributed by atoms with E-state index in [1.54, 1.807) is 0 Å². The molecule has 17 heavy (non-hydrogen) atoms. The van der Waals surface area contributed by atoms with Gasteiger partial charge in [-0.05, 0) is 42.6 Å². The molecule has 1 rings (SSSR count). The van der Waals surface area contributed by atoms with Crippen molar-refractivity contribution in [2.24, 2.45) is 0 Å². The van der Waals surface area contributed by atoms with Crippen LogP contribution in [-0.2, 0) is 9.22 Å². The summed E-state index contributed by atoms with van der Waals surface area (Å²) >= 11 is 0. The highest BCUT2D eigenvalue weighted by Gasteiger charge is 2.41. The molecule has 1 unspecified atom stereocenters. The van der Waals surface area contributed by atoms with E-state index in [0.717, 1.165) is 12.0 Å². The lowest BCUT2D eigenvalue weighted by molar-refractivity contribution is -0.115. The third-order valence-corrected chi connectivity index (χ3v) is 8.75. The predicted molar refractivity (Wildman–Crippen MR) is 74.7 cm³/mol. The average Bonchev–Trinajstić information content (AvgIpc) is 2.39. The fourth-order valence-electron chi connectivity index (χ4n) is 2.00. The second-order valence-electron chi connectivity index (χ2n) is 6.51. The van der Waals surface area contributed by atoms with Gasteiger partial charge in [0.2, 0.25) is 0 Å². The SMILES string of the molecule is CCC1=C(C)C(O[Si](C)(C)C(C)(C)C)CC1=O. The van der Waals surface area contributed by atoms with Gasteiger partial charge in [-0.2, -0.15) is 0 Å². The van der Waals surface area contributed by atoms with E-state index < -0.39 is 8.32 Å². The minimum Gasteiger partial charge on any atom is -0.410 e. The van der Waals surface area contributed by atoms with Gasteiger partial charge in [0, 0.05) is 6.42 Å². The molecular formula is C14H26O2Si. The minimum absolute atomic E-state index is 0.0401. The number of carbonyl (C=O) groups excluding carboxylic acids is 1. The number of hydrogen-bond acceptors (Lipinski definition) is 2. The van der Waals surface area contributed by atoms with Crippen LogP contribution >= 0.6 is 0 Å². The lowest BCUT2D eigenvalue weighted by atomic mass is 10.1. The fourth-order valence-corrected chi connectivity index (χ4v) is 3.32. The van der Waals surface area contributed by atoms with E-state index in [9.17, 15) is 4.79 Å². The Kier molecular flexibility index (Phi) is 4.04. The maximum Gasteiger partial charge on any atom is 0.192 e. The summed E-state index contributed by atoms with van der Waals surface area (Å²) in [5.41, 5.74) is 2.16. The second-order valence-corrected chi connectivity index (χ2v) is 11.3. The molecule has 98 valence electrons. The number of Topliss-reactive ketones (excluding diaryl/α,β-unsaturated/α-hetero) is 1. The molecule has 0 aliphatic heterocycles. The number of ketones is 1. The van der Waals surface area contributed by atoms with Gasteiger partial charge in [0.25, 0.3) is 0 Å². The monoisotopic (exact) mass is 254 g/mol. The molecule has 0 bridgehead atoms. The van der Waals surface area contributed by atoms with Crippen LogP contribution in [0.2, 0.25) is 18.1 Å². The maximum atomic E-state index is 11.8. The summed E-state index contributed by atoms with van der Waals surface area (Å²) in [5, 5.41) is 0.200. The van der Waals surface area contributed by atoms with Gasteiger partial charge in [-0.1, -0.05) is 27.7 Å². The van der Waals surface area contributed by atoms with E-state index in [1.807, 2.05) is 6.92 Å². The van der Waals surface area contributed by atoms with Crippen molar-refractivity contribution in [3.05, 3.63) is 11.1 Å². The second kappa shape index (κ2) is 4.69. The molecule has 0 aromatic rings. The third-order valence-electron chi connectivity index (χ3n) is 4.26. The Balaban J connectivity index is 2.86. The van der Waals surface area contributed by atoms with Crippen molar-refractivity contribution >= 4 is 14.1 Å². The van der Waals surface area contributed by atoms with E-state index in [-0.39, 0.29) is 16.9 Å². The fraction of sp³-hybridized carbons (Fsp3) is 0.786. The standard InChI is InChI=1S/C14H26O2Si/c1-8-11-10(2)13(9-12(11)15)16-17(6,7)14(3,4)5/h13H,8-9H2,1-7H3. The molecule has 0 aromatic carbocycles. The Labute approximate surface area is 107 Å². The quantitative estimate of drug-likeness (QED) is 0.709. The summed E-state index contributed by atoms with van der Waals surface area (Å²) in [6.45, 7) is 15.3. The van der Waals surface area contributed by atoms with Gasteiger partial charge in [-0.25, -0.2) is 0 Å². The summed E-state index contributed by atoms with van der Waals surface area (Å²) in [6.07, 6.45) is 1.43. The van der Waals surface area contributed by atoms with Crippen LogP contribution < -0.4 is 0 Å². The summed E-state index contributed by atoms with van der Waals surface area (Å²) in [6, 6.07) is 0. The van der Waals surface area contributed by atoms with Gasteiger partial charge >= 0.3 is 0 Å². The lowest BCUT2D eigenvalue weighted by Crippen LogP contribution is -2.43. The average molecular weight is 254 g/mol. The molecular weight excluding hydrogens is 228 g/mol. The summed E-state index contributed by atoms with van der Waals surface area (Å²) < 4.78 is 6.34. The van der Waals surface area contributed by atoms with E-state index in [1.165, 1.54) is 5.57 Å². The Morgan fingerprint density at radius 3 is 2.24 bits per heavy atom. The van der Waals surface area contributed by atoms with Crippen LogP contribution in [0.3, 0.4) is 0 Å². The van der Waals surface area contributed by atoms with Crippen molar-refractivity contribution in [2.75, 3.05) is 0 Å². The zero-order chi connectivity index (χ0) is 13.4. The van der Waals surface area contributed by atoms with Gasteiger partial charge in [-0.15, -0.1) is 0 Å². The van der Waals surface area contributed by atoms with Crippen molar-refractivity contribution in [3.63, 3.8) is 0 Å². The van der Waals surface area contributed by atoms with Crippen molar-refractivity contribution in [2.45, 2.75) is 71.7 Å². The highest BCUT2D eigenvalue weighted by molar-refractivity contribution is 6.74. The first-order valence-corrected chi connectivity index (χ1v) is 9.41. The Bertz CT molecular complexity index is 348. The van der Waals surface area contributed by atoms with Gasteiger partial charge in [0.1, 0.15) is 0 Å². The predicted octanol–water partition coefficient (Wildman–Crippen LogP) is 4.08. The molecule has 0 fully saturated rings. The van der Waals surface area contributed by atoms with Crippen LogP contribution in [0.1, 0.15) is 47.5 Å². The molecule has 0 saturated carbocycles. The topological polar surface area (TPSA) is 26.3 Å². The molecule has 0 heterocycles. The van der Waals surface area contributed by atoms with Gasteiger partial charge in [0.15, 0.2) is 14.1 Å². The first-order chi connectivity index (χ1) is 7.60. The molecule has 3 heteroatoms. The summed E-state index contributed by atoms with van der Waals surface area (Å²) in [5.74, 6) is 0.286. The molecule has 0 radical (unpaired) electrons. The van der Waals surface area contributed by atoms with Gasteiger partial charge in [-0.3, -0.25) is 4.79 Å². The molecule has 0 N–H and O–H groups in total. The number of allylic oxidation sites excluding steroid dienone is 1. The first-order valence-electron chi connectivity index (χ1n) is 6.51. The molecule has 0 amide bonds. The van der Waals surface area contributed by atoms with E-state index in [0.29, 0.717) is 6.42 Å². The molecule has 1 aliphatic rings. The highest BCUT2D eigenvalue weighted by atomic mass is 28.4. The number of hydrogen-bond donors (Lipinski definition) is 0. The van der Waals surface area contributed by atoms with Crippen molar-refractivity contribution in [3.8, 4) is 0 Å². The Morgan fingerprint density at radius 1 is 1.35 bits per heavy atom. The van der Waals surface area contributed by atoms with E-state index >= 15 is 0 Å². The third kappa shape index (κ3) is 2.88. The summed E-state index contributed by atoms with van der Waals surface area (Å²) in [4.78, 5) is 11.8. The van der Waals surface area contributed by atoms with E-state index in [2.05, 4.69) is 40.8 Å². The van der Waals surface area contributed by atoms with E-state index in [4.69, 9.17) is 4.43 Å². The number of rotatable bonds is 3. The van der Waals surface area contributed by atoms with Crippen LogP contribution in [0.5, 0.6) is 0 Å². The Hall–Kier alpha value is -0.413. The maximum absolute atomic E-state index is 11.8.